The molecule has 35 heavy (non-hydrogen) atoms. The van der Waals surface area contributed by atoms with E-state index in [0.717, 1.165) is 47.5 Å². The number of hydrogen-bond acceptors (Lipinski definition) is 7. The zero-order valence-electron chi connectivity index (χ0n) is 20.6. The monoisotopic (exact) mass is 494 g/mol. The summed E-state index contributed by atoms with van der Waals surface area (Å²) in [6, 6.07) is 13.1. The van der Waals surface area contributed by atoms with E-state index in [-0.39, 0.29) is 6.04 Å². The lowest BCUT2D eigenvalue weighted by atomic mass is 9.94. The summed E-state index contributed by atoms with van der Waals surface area (Å²) in [5.41, 5.74) is 3.63. The number of rotatable bonds is 9. The van der Waals surface area contributed by atoms with Gasteiger partial charge in [-0.1, -0.05) is 24.6 Å². The number of methoxy groups -OCH3 is 3. The highest BCUT2D eigenvalue weighted by atomic mass is 32.1. The summed E-state index contributed by atoms with van der Waals surface area (Å²) in [5.74, 6) is 2.99. The molecule has 3 aromatic rings. The summed E-state index contributed by atoms with van der Waals surface area (Å²) in [4.78, 5) is 6.86. The molecule has 9 heteroatoms. The zero-order chi connectivity index (χ0) is 24.9. The van der Waals surface area contributed by atoms with Crippen molar-refractivity contribution in [1.29, 1.82) is 0 Å². The van der Waals surface area contributed by atoms with Crippen molar-refractivity contribution < 1.29 is 18.7 Å². The third-order valence-electron chi connectivity index (χ3n) is 6.08. The van der Waals surface area contributed by atoms with Gasteiger partial charge in [0.2, 0.25) is 5.82 Å². The number of ether oxygens (including phenoxy) is 3. The molecule has 1 N–H and O–H groups in total. The SMILES string of the molecule is CCCCN1C(=S)NC(c2ccc(OC)c(OC)c2)C(c2nc(-c3ccc(OC)cc3)no2)=C1C. The maximum Gasteiger partial charge on any atom is 0.258 e. The van der Waals surface area contributed by atoms with Gasteiger partial charge in [-0.15, -0.1) is 0 Å². The summed E-state index contributed by atoms with van der Waals surface area (Å²) in [7, 11) is 4.87. The Morgan fingerprint density at radius 3 is 2.43 bits per heavy atom. The van der Waals surface area contributed by atoms with E-state index < -0.39 is 0 Å². The molecule has 0 aliphatic carbocycles. The van der Waals surface area contributed by atoms with Crippen molar-refractivity contribution in [2.75, 3.05) is 27.9 Å². The summed E-state index contributed by atoms with van der Waals surface area (Å²) in [6.07, 6.45) is 2.07. The van der Waals surface area contributed by atoms with Gasteiger partial charge in [-0.05, 0) is 67.5 Å². The number of allylic oxidation sites excluding steroid dienone is 1. The summed E-state index contributed by atoms with van der Waals surface area (Å²) in [5, 5.41) is 8.41. The first-order valence-electron chi connectivity index (χ1n) is 11.5. The van der Waals surface area contributed by atoms with Crippen LogP contribution >= 0.6 is 12.2 Å². The van der Waals surface area contributed by atoms with Gasteiger partial charge in [0.05, 0.1) is 32.9 Å². The van der Waals surface area contributed by atoms with Crippen molar-refractivity contribution in [2.45, 2.75) is 32.7 Å². The Hall–Kier alpha value is -3.59. The number of thiocarbonyl (C=S) groups is 1. The van der Waals surface area contributed by atoms with Crippen LogP contribution in [0.25, 0.3) is 17.0 Å². The minimum Gasteiger partial charge on any atom is -0.497 e. The minimum absolute atomic E-state index is 0.302. The molecule has 0 radical (unpaired) electrons. The van der Waals surface area contributed by atoms with Crippen LogP contribution in [0.5, 0.6) is 17.2 Å². The Morgan fingerprint density at radius 1 is 1.03 bits per heavy atom. The van der Waals surface area contributed by atoms with Crippen LogP contribution in [0, 0.1) is 0 Å². The van der Waals surface area contributed by atoms with E-state index in [1.807, 2.05) is 49.4 Å². The molecule has 1 atom stereocenters. The van der Waals surface area contributed by atoms with Crippen LogP contribution in [-0.2, 0) is 0 Å². The summed E-state index contributed by atoms with van der Waals surface area (Å²) >= 11 is 5.76. The molecule has 0 saturated heterocycles. The van der Waals surface area contributed by atoms with Gasteiger partial charge in [0, 0.05) is 17.8 Å². The minimum atomic E-state index is -0.302. The van der Waals surface area contributed by atoms with Gasteiger partial charge in [0.15, 0.2) is 16.6 Å². The van der Waals surface area contributed by atoms with E-state index in [1.165, 1.54) is 0 Å². The molecule has 0 spiro atoms. The van der Waals surface area contributed by atoms with Gasteiger partial charge in [-0.3, -0.25) is 0 Å². The predicted octanol–water partition coefficient (Wildman–Crippen LogP) is 5.22. The number of nitrogens with zero attached hydrogens (tertiary/aromatic N) is 3. The van der Waals surface area contributed by atoms with Crippen LogP contribution in [0.3, 0.4) is 0 Å². The first-order chi connectivity index (χ1) is 17.0. The van der Waals surface area contributed by atoms with Crippen molar-refractivity contribution in [3.8, 4) is 28.6 Å². The molecule has 2 aromatic carbocycles. The van der Waals surface area contributed by atoms with Crippen molar-refractivity contribution in [3.63, 3.8) is 0 Å². The second-order valence-electron chi connectivity index (χ2n) is 8.15. The third kappa shape index (κ3) is 4.95. The van der Waals surface area contributed by atoms with E-state index in [0.29, 0.717) is 28.3 Å². The Kier molecular flexibility index (Phi) is 7.55. The van der Waals surface area contributed by atoms with Crippen molar-refractivity contribution in [2.24, 2.45) is 0 Å². The second-order valence-corrected chi connectivity index (χ2v) is 8.54. The number of benzene rings is 2. The first-order valence-corrected chi connectivity index (χ1v) is 11.9. The van der Waals surface area contributed by atoms with Crippen LogP contribution in [0.1, 0.15) is 44.2 Å². The molecule has 0 amide bonds. The summed E-state index contributed by atoms with van der Waals surface area (Å²) in [6.45, 7) is 5.00. The lowest BCUT2D eigenvalue weighted by Crippen LogP contribution is -2.46. The van der Waals surface area contributed by atoms with Crippen molar-refractivity contribution >= 4 is 22.9 Å². The quantitative estimate of drug-likeness (QED) is 0.402. The van der Waals surface area contributed by atoms with Crippen LogP contribution in [0.15, 0.2) is 52.7 Å². The average Bonchev–Trinajstić information content (AvgIpc) is 3.37. The Bertz CT molecular complexity index is 1220. The fraction of sp³-hybridized carbons (Fsp3) is 0.346. The molecule has 0 fully saturated rings. The van der Waals surface area contributed by atoms with E-state index >= 15 is 0 Å². The van der Waals surface area contributed by atoms with Gasteiger partial charge >= 0.3 is 0 Å². The molecule has 184 valence electrons. The number of hydrogen-bond donors (Lipinski definition) is 1. The van der Waals surface area contributed by atoms with E-state index in [2.05, 4.69) is 22.3 Å². The smallest absolute Gasteiger partial charge is 0.258 e. The molecular weight excluding hydrogens is 464 g/mol. The first kappa shape index (κ1) is 24.5. The fourth-order valence-corrected chi connectivity index (χ4v) is 4.46. The van der Waals surface area contributed by atoms with E-state index in [9.17, 15) is 0 Å². The number of unbranched alkanes of at least 4 members (excludes halogenated alkanes) is 1. The molecule has 0 saturated carbocycles. The number of aromatic nitrogens is 2. The van der Waals surface area contributed by atoms with E-state index in [1.54, 1.807) is 21.3 Å². The van der Waals surface area contributed by atoms with Gasteiger partial charge in [-0.25, -0.2) is 0 Å². The Morgan fingerprint density at radius 2 is 1.77 bits per heavy atom. The van der Waals surface area contributed by atoms with E-state index in [4.69, 9.17) is 35.9 Å². The van der Waals surface area contributed by atoms with Gasteiger partial charge < -0.3 is 29.0 Å². The summed E-state index contributed by atoms with van der Waals surface area (Å²) < 4.78 is 22.0. The highest BCUT2D eigenvalue weighted by Crippen LogP contribution is 2.40. The highest BCUT2D eigenvalue weighted by molar-refractivity contribution is 7.80. The van der Waals surface area contributed by atoms with Gasteiger partial charge in [-0.2, -0.15) is 4.98 Å². The second kappa shape index (κ2) is 10.8. The van der Waals surface area contributed by atoms with Crippen LogP contribution < -0.4 is 19.5 Å². The van der Waals surface area contributed by atoms with Gasteiger partial charge in [0.1, 0.15) is 5.75 Å². The van der Waals surface area contributed by atoms with Crippen molar-refractivity contribution in [1.82, 2.24) is 20.4 Å². The molecule has 4 rings (SSSR count). The Labute approximate surface area is 210 Å². The molecule has 1 aliphatic rings. The lowest BCUT2D eigenvalue weighted by Gasteiger charge is -2.37. The van der Waals surface area contributed by atoms with Crippen molar-refractivity contribution in [3.05, 3.63) is 59.6 Å². The van der Waals surface area contributed by atoms with Crippen LogP contribution in [-0.4, -0.2) is 48.0 Å². The maximum absolute atomic E-state index is 5.81. The molecule has 1 aliphatic heterocycles. The Balaban J connectivity index is 1.79. The molecular formula is C26H30N4O4S. The predicted molar refractivity (Wildman–Crippen MR) is 139 cm³/mol. The third-order valence-corrected chi connectivity index (χ3v) is 6.42. The lowest BCUT2D eigenvalue weighted by molar-refractivity contribution is 0.354. The molecule has 0 bridgehead atoms. The molecule has 8 nitrogen and oxygen atoms in total. The molecule has 1 unspecified atom stereocenters. The number of nitrogens with one attached hydrogen (secondary N) is 1. The topological polar surface area (TPSA) is 81.9 Å². The van der Waals surface area contributed by atoms with Gasteiger partial charge in [0.25, 0.3) is 5.89 Å². The standard InChI is InChI=1S/C26H30N4O4S/c1-6-7-14-30-16(2)22(25-28-24(29-34-25)17-8-11-19(31-3)12-9-17)23(27-26(30)35)18-10-13-20(32-4)21(15-18)33-5/h8-13,15,23H,6-7,14H2,1-5H3,(H,27,35). The average molecular weight is 495 g/mol. The largest absolute Gasteiger partial charge is 0.497 e. The fourth-order valence-electron chi connectivity index (χ4n) is 4.12. The zero-order valence-corrected chi connectivity index (χ0v) is 21.4. The highest BCUT2D eigenvalue weighted by Gasteiger charge is 2.34. The maximum atomic E-state index is 5.81. The molecule has 1 aromatic heterocycles. The van der Waals surface area contributed by atoms with Crippen LogP contribution in [0.2, 0.25) is 0 Å². The van der Waals surface area contributed by atoms with Crippen LogP contribution in [0.4, 0.5) is 0 Å². The normalized spacial score (nSPS) is 15.7. The molecule has 2 heterocycles.